The van der Waals surface area contributed by atoms with Crippen molar-refractivity contribution >= 4 is 27.3 Å². The van der Waals surface area contributed by atoms with Crippen molar-refractivity contribution in [2.45, 2.75) is 75.5 Å². The van der Waals surface area contributed by atoms with Gasteiger partial charge in [-0.2, -0.15) is 0 Å². The third-order valence-corrected chi connectivity index (χ3v) is 7.52. The van der Waals surface area contributed by atoms with Crippen LogP contribution in [0.25, 0.3) is 0 Å². The summed E-state index contributed by atoms with van der Waals surface area (Å²) in [6, 6.07) is 0. The van der Waals surface area contributed by atoms with E-state index in [0.717, 1.165) is 0 Å². The van der Waals surface area contributed by atoms with E-state index in [9.17, 15) is 22.1 Å². The van der Waals surface area contributed by atoms with Crippen LogP contribution in [0, 0.1) is 0 Å². The zero-order valence-electron chi connectivity index (χ0n) is 14.8. The first-order valence-electron chi connectivity index (χ1n) is 9.12. The Morgan fingerprint density at radius 1 is 1.00 bits per heavy atom. The summed E-state index contributed by atoms with van der Waals surface area (Å²) in [7, 11) is -6.46. The first kappa shape index (κ1) is 23.0. The lowest BCUT2D eigenvalue weighted by Gasteiger charge is -2.35. The zero-order chi connectivity index (χ0) is 19.6. The predicted octanol–water partition coefficient (Wildman–Crippen LogP) is 4.34. The molecule has 0 heterocycles. The fourth-order valence-electron chi connectivity index (χ4n) is 3.48. The van der Waals surface area contributed by atoms with Crippen LogP contribution in [0.5, 0.6) is 0 Å². The van der Waals surface area contributed by atoms with Crippen molar-refractivity contribution in [3.63, 3.8) is 0 Å². The van der Waals surface area contributed by atoms with E-state index in [2.05, 4.69) is 5.32 Å². The Kier molecular flexibility index (Phi) is 10.3. The summed E-state index contributed by atoms with van der Waals surface area (Å²) < 4.78 is 43.8. The van der Waals surface area contributed by atoms with Gasteiger partial charge in [0.25, 0.3) is 0 Å². The Labute approximate surface area is 153 Å². The summed E-state index contributed by atoms with van der Waals surface area (Å²) in [6.07, 6.45) is 13.1. The van der Waals surface area contributed by atoms with Gasteiger partial charge in [0.2, 0.25) is 0 Å². The smallest absolute Gasteiger partial charge is 0.480 e. The molecule has 11 heteroatoms. The maximum Gasteiger partial charge on any atom is 0.673 e. The third kappa shape index (κ3) is 10.8. The first-order chi connectivity index (χ1) is 12.2. The SMILES string of the molecule is F[B-](F)(F)F.NC(=NP(C1CCCCC1)C1CCCCC1)NCC(=O)O. The molecular weight excluding hydrogens is 372 g/mol. The molecule has 2 rings (SSSR count). The minimum absolute atomic E-state index is 0.145. The van der Waals surface area contributed by atoms with Crippen molar-refractivity contribution in [3.05, 3.63) is 0 Å². The number of hydrogen-bond acceptors (Lipinski definition) is 2. The van der Waals surface area contributed by atoms with E-state index in [4.69, 9.17) is 15.6 Å². The topological polar surface area (TPSA) is 87.7 Å². The number of rotatable bonds is 5. The molecule has 2 saturated carbocycles. The average molecular weight is 400 g/mol. The van der Waals surface area contributed by atoms with E-state index in [-0.39, 0.29) is 6.54 Å². The fraction of sp³-hybridized carbons (Fsp3) is 0.867. The standard InChI is InChI=1S/C15H28N3O2P.BF4/c16-15(17-11-14(19)20)18-21(12-7-3-1-4-8-12)13-9-5-2-6-10-13;2-1(3,4)5/h12-13H,1-11H2,(H,19,20)(H3,16,17,18);/q;-1. The van der Waals surface area contributed by atoms with Crippen LogP contribution in [0.3, 0.4) is 0 Å². The summed E-state index contributed by atoms with van der Waals surface area (Å²) in [5.74, 6) is -0.563. The second-order valence-electron chi connectivity index (χ2n) is 6.69. The van der Waals surface area contributed by atoms with Gasteiger partial charge in [-0.1, -0.05) is 38.5 Å². The van der Waals surface area contributed by atoms with Gasteiger partial charge in [0, 0.05) is 8.07 Å². The minimum atomic E-state index is -6.00. The summed E-state index contributed by atoms with van der Waals surface area (Å²) in [4.78, 5) is 10.6. The number of guanidine groups is 1. The van der Waals surface area contributed by atoms with Crippen molar-refractivity contribution < 1.29 is 27.2 Å². The molecule has 0 unspecified atom stereocenters. The lowest BCUT2D eigenvalue weighted by molar-refractivity contribution is -0.135. The number of halogens is 4. The molecule has 0 aliphatic heterocycles. The molecule has 0 saturated heterocycles. The number of hydrogen-bond donors (Lipinski definition) is 3. The number of carbonyl (C=O) groups is 1. The fourth-order valence-corrected chi connectivity index (χ4v) is 6.51. The highest BCUT2D eigenvalue weighted by atomic mass is 31.1. The van der Waals surface area contributed by atoms with Crippen LogP contribution in [-0.2, 0) is 4.79 Å². The summed E-state index contributed by atoms with van der Waals surface area (Å²) in [6.45, 7) is -0.145. The van der Waals surface area contributed by atoms with Gasteiger partial charge in [-0.3, -0.25) is 4.79 Å². The Hall–Kier alpha value is -1.05. The molecule has 0 spiro atoms. The van der Waals surface area contributed by atoms with E-state index in [1.54, 1.807) is 0 Å². The molecule has 2 aliphatic rings. The van der Waals surface area contributed by atoms with Crippen molar-refractivity contribution in [3.8, 4) is 0 Å². The quantitative estimate of drug-likeness (QED) is 0.211. The van der Waals surface area contributed by atoms with Gasteiger partial charge in [0.1, 0.15) is 6.54 Å². The van der Waals surface area contributed by atoms with Gasteiger partial charge in [-0.15, -0.1) is 0 Å². The molecule has 0 aromatic rings. The predicted molar refractivity (Wildman–Crippen MR) is 98.1 cm³/mol. The normalized spacial score (nSPS) is 20.4. The minimum Gasteiger partial charge on any atom is -0.480 e. The van der Waals surface area contributed by atoms with E-state index in [1.807, 2.05) is 0 Å². The van der Waals surface area contributed by atoms with Gasteiger partial charge in [0.15, 0.2) is 5.96 Å². The number of carboxylic acids is 1. The van der Waals surface area contributed by atoms with Gasteiger partial charge >= 0.3 is 13.2 Å². The second kappa shape index (κ2) is 11.6. The van der Waals surface area contributed by atoms with Gasteiger partial charge < -0.3 is 33.4 Å². The van der Waals surface area contributed by atoms with Crippen LogP contribution in [0.4, 0.5) is 17.3 Å². The Balaban J connectivity index is 0.000000597. The average Bonchev–Trinajstić information content (AvgIpc) is 2.58. The molecule has 0 radical (unpaired) electrons. The van der Waals surface area contributed by atoms with Gasteiger partial charge in [0.05, 0.1) is 0 Å². The van der Waals surface area contributed by atoms with E-state index in [0.29, 0.717) is 17.3 Å². The van der Waals surface area contributed by atoms with Crippen LogP contribution >= 0.6 is 8.07 Å². The molecule has 0 amide bonds. The molecule has 0 atom stereocenters. The summed E-state index contributed by atoms with van der Waals surface area (Å²) in [5.41, 5.74) is 7.32. The molecule has 2 fully saturated rings. The van der Waals surface area contributed by atoms with Crippen LogP contribution in [0.15, 0.2) is 4.76 Å². The molecule has 4 N–H and O–H groups in total. The highest BCUT2D eigenvalue weighted by molar-refractivity contribution is 7.58. The summed E-state index contributed by atoms with van der Waals surface area (Å²) >= 11 is 0. The Bertz CT molecular complexity index is 433. The van der Waals surface area contributed by atoms with Gasteiger partial charge in [-0.05, 0) is 37.0 Å². The molecule has 5 nitrogen and oxygen atoms in total. The number of carboxylic acid groups (broad SMARTS) is 1. The van der Waals surface area contributed by atoms with E-state index < -0.39 is 21.3 Å². The monoisotopic (exact) mass is 400 g/mol. The highest BCUT2D eigenvalue weighted by Gasteiger charge is 2.31. The molecule has 152 valence electrons. The molecule has 0 aromatic carbocycles. The summed E-state index contributed by atoms with van der Waals surface area (Å²) in [5, 5.41) is 11.5. The van der Waals surface area contributed by atoms with Crippen molar-refractivity contribution in [1.82, 2.24) is 5.32 Å². The third-order valence-electron chi connectivity index (χ3n) is 4.54. The van der Waals surface area contributed by atoms with Crippen LogP contribution in [-0.4, -0.2) is 42.2 Å². The van der Waals surface area contributed by atoms with Crippen LogP contribution < -0.4 is 11.1 Å². The maximum absolute atomic E-state index is 10.6. The molecular formula is C15H28BF4N3O2P-. The van der Waals surface area contributed by atoms with Crippen molar-refractivity contribution in [1.29, 1.82) is 0 Å². The largest absolute Gasteiger partial charge is 0.673 e. The van der Waals surface area contributed by atoms with Crippen molar-refractivity contribution in [2.24, 2.45) is 10.5 Å². The maximum atomic E-state index is 10.6. The molecule has 2 aliphatic carbocycles. The Morgan fingerprint density at radius 2 is 1.38 bits per heavy atom. The first-order valence-corrected chi connectivity index (χ1v) is 10.6. The molecule has 26 heavy (non-hydrogen) atoms. The van der Waals surface area contributed by atoms with E-state index >= 15 is 0 Å². The van der Waals surface area contributed by atoms with Gasteiger partial charge in [-0.25, -0.2) is 4.76 Å². The number of aliphatic carboxylic acids is 1. The number of nitrogens with zero attached hydrogens (tertiary/aromatic N) is 1. The highest BCUT2D eigenvalue weighted by Crippen LogP contribution is 2.56. The number of nitrogens with two attached hydrogens (primary N) is 1. The van der Waals surface area contributed by atoms with Crippen LogP contribution in [0.1, 0.15) is 64.2 Å². The zero-order valence-corrected chi connectivity index (χ0v) is 15.7. The molecule has 0 bridgehead atoms. The van der Waals surface area contributed by atoms with Crippen molar-refractivity contribution in [2.75, 3.05) is 6.54 Å². The van der Waals surface area contributed by atoms with E-state index in [1.165, 1.54) is 64.2 Å². The Morgan fingerprint density at radius 3 is 1.73 bits per heavy atom. The molecule has 0 aromatic heterocycles. The van der Waals surface area contributed by atoms with Crippen LogP contribution in [0.2, 0.25) is 0 Å². The lowest BCUT2D eigenvalue weighted by Crippen LogP contribution is -2.36. The number of nitrogens with one attached hydrogen (secondary N) is 1. The lowest BCUT2D eigenvalue weighted by atomic mass is 10.00. The second-order valence-corrected chi connectivity index (χ2v) is 9.11.